The molecule has 23 heavy (non-hydrogen) atoms. The minimum Gasteiger partial charge on any atom is -0.455 e. The second kappa shape index (κ2) is 7.28. The molecule has 0 bridgehead atoms. The van der Waals surface area contributed by atoms with Crippen LogP contribution in [0.5, 0.6) is 0 Å². The quantitative estimate of drug-likeness (QED) is 0.422. The molecule has 1 aliphatic heterocycles. The third-order valence-corrected chi connectivity index (χ3v) is 4.71. The first-order valence-corrected chi connectivity index (χ1v) is 7.86. The predicted molar refractivity (Wildman–Crippen MR) is 86.7 cm³/mol. The van der Waals surface area contributed by atoms with Crippen molar-refractivity contribution in [2.24, 2.45) is 5.11 Å². The SMILES string of the molecule is [N-]=[N+]=NCc1cccc(Cl)c1Sc1ncccc1C1OC=CO1. The van der Waals surface area contributed by atoms with E-state index < -0.39 is 6.29 Å². The Morgan fingerprint density at radius 2 is 2.09 bits per heavy atom. The molecule has 1 aromatic heterocycles. The summed E-state index contributed by atoms with van der Waals surface area (Å²) in [6.45, 7) is 0.222. The summed E-state index contributed by atoms with van der Waals surface area (Å²) >= 11 is 7.70. The molecule has 3 rings (SSSR count). The van der Waals surface area contributed by atoms with Gasteiger partial charge in [-0.25, -0.2) is 4.98 Å². The smallest absolute Gasteiger partial charge is 0.268 e. The Morgan fingerprint density at radius 1 is 1.26 bits per heavy atom. The Bertz CT molecular complexity index is 785. The van der Waals surface area contributed by atoms with Gasteiger partial charge in [0.25, 0.3) is 6.29 Å². The lowest BCUT2D eigenvalue weighted by atomic mass is 10.2. The Hall–Kier alpha value is -2.34. The minimum atomic E-state index is -0.519. The molecule has 8 heteroatoms. The standard InChI is InChI=1S/C15H11ClN4O2S/c16-12-5-1-3-10(9-19-20-17)13(12)23-14-11(4-2-6-18-14)15-21-7-8-22-15/h1-8,15H,9H2. The lowest BCUT2D eigenvalue weighted by Crippen LogP contribution is -2.01. The molecule has 0 fully saturated rings. The molecule has 0 radical (unpaired) electrons. The Morgan fingerprint density at radius 3 is 2.87 bits per heavy atom. The van der Waals surface area contributed by atoms with Crippen LogP contribution in [-0.4, -0.2) is 4.98 Å². The first kappa shape index (κ1) is 15.6. The van der Waals surface area contributed by atoms with Crippen molar-refractivity contribution in [3.8, 4) is 0 Å². The van der Waals surface area contributed by atoms with Crippen LogP contribution in [0.1, 0.15) is 17.4 Å². The van der Waals surface area contributed by atoms with E-state index in [-0.39, 0.29) is 6.54 Å². The molecule has 2 aromatic rings. The molecule has 0 saturated carbocycles. The van der Waals surface area contributed by atoms with E-state index in [2.05, 4.69) is 15.0 Å². The maximum Gasteiger partial charge on any atom is 0.268 e. The topological polar surface area (TPSA) is 80.1 Å². The maximum absolute atomic E-state index is 8.53. The zero-order valence-corrected chi connectivity index (χ0v) is 13.4. The first-order valence-electron chi connectivity index (χ1n) is 6.66. The van der Waals surface area contributed by atoms with E-state index in [0.29, 0.717) is 5.02 Å². The summed E-state index contributed by atoms with van der Waals surface area (Å²) in [7, 11) is 0. The summed E-state index contributed by atoms with van der Waals surface area (Å²) in [4.78, 5) is 7.99. The third-order valence-electron chi connectivity index (χ3n) is 3.07. The monoisotopic (exact) mass is 346 g/mol. The molecule has 0 spiro atoms. The molecule has 1 aliphatic rings. The highest BCUT2D eigenvalue weighted by Crippen LogP contribution is 2.39. The average molecular weight is 347 g/mol. The fourth-order valence-electron chi connectivity index (χ4n) is 2.05. The second-order valence-corrected chi connectivity index (χ2v) is 5.90. The molecule has 0 aliphatic carbocycles. The number of azide groups is 1. The van der Waals surface area contributed by atoms with E-state index in [1.54, 1.807) is 12.3 Å². The highest BCUT2D eigenvalue weighted by Gasteiger charge is 2.21. The Balaban J connectivity index is 1.95. The van der Waals surface area contributed by atoms with Gasteiger partial charge in [-0.3, -0.25) is 0 Å². The van der Waals surface area contributed by atoms with E-state index in [9.17, 15) is 0 Å². The summed E-state index contributed by atoms with van der Waals surface area (Å²) in [5.74, 6) is 0. The van der Waals surface area contributed by atoms with Crippen LogP contribution in [0.15, 0.2) is 64.1 Å². The molecular formula is C15H11ClN4O2S. The van der Waals surface area contributed by atoms with E-state index in [4.69, 9.17) is 26.6 Å². The molecule has 0 N–H and O–H groups in total. The van der Waals surface area contributed by atoms with Crippen LogP contribution in [0.2, 0.25) is 5.02 Å². The molecule has 2 heterocycles. The van der Waals surface area contributed by atoms with Crippen LogP contribution >= 0.6 is 23.4 Å². The first-order chi connectivity index (χ1) is 11.3. The molecule has 116 valence electrons. The van der Waals surface area contributed by atoms with Crippen LogP contribution < -0.4 is 0 Å². The maximum atomic E-state index is 8.53. The highest BCUT2D eigenvalue weighted by molar-refractivity contribution is 7.99. The van der Waals surface area contributed by atoms with E-state index >= 15 is 0 Å². The number of halogens is 1. The lowest BCUT2D eigenvalue weighted by Gasteiger charge is -2.15. The van der Waals surface area contributed by atoms with Gasteiger partial charge in [0, 0.05) is 16.0 Å². The molecule has 0 atom stereocenters. The van der Waals surface area contributed by atoms with Gasteiger partial charge < -0.3 is 9.47 Å². The van der Waals surface area contributed by atoms with Crippen LogP contribution in [-0.2, 0) is 16.0 Å². The molecule has 0 amide bonds. The normalized spacial score (nSPS) is 13.3. The van der Waals surface area contributed by atoms with Crippen LogP contribution in [0.4, 0.5) is 0 Å². The van der Waals surface area contributed by atoms with Gasteiger partial charge in [-0.15, -0.1) is 0 Å². The van der Waals surface area contributed by atoms with Crippen molar-refractivity contribution in [2.45, 2.75) is 22.8 Å². The fraction of sp³-hybridized carbons (Fsp3) is 0.133. The molecule has 1 aromatic carbocycles. The van der Waals surface area contributed by atoms with Gasteiger partial charge in [0.2, 0.25) is 0 Å². The number of ether oxygens (including phenoxy) is 2. The Kier molecular flexibility index (Phi) is 4.92. The number of pyridine rings is 1. The van der Waals surface area contributed by atoms with Gasteiger partial charge in [-0.1, -0.05) is 40.6 Å². The van der Waals surface area contributed by atoms with Crippen LogP contribution in [0, 0.1) is 0 Å². The van der Waals surface area contributed by atoms with Gasteiger partial charge in [-0.05, 0) is 29.3 Å². The number of rotatable bonds is 5. The fourth-order valence-corrected chi connectivity index (χ4v) is 3.38. The van der Waals surface area contributed by atoms with E-state index in [1.165, 1.54) is 24.3 Å². The van der Waals surface area contributed by atoms with Gasteiger partial charge in [0.15, 0.2) is 0 Å². The zero-order valence-electron chi connectivity index (χ0n) is 11.8. The number of benzene rings is 1. The zero-order chi connectivity index (χ0) is 16.1. The molecular weight excluding hydrogens is 336 g/mol. The molecule has 0 unspecified atom stereocenters. The minimum absolute atomic E-state index is 0.222. The highest BCUT2D eigenvalue weighted by atomic mass is 35.5. The number of nitrogens with zero attached hydrogens (tertiary/aromatic N) is 4. The van der Waals surface area contributed by atoms with Crippen molar-refractivity contribution >= 4 is 23.4 Å². The van der Waals surface area contributed by atoms with Crippen LogP contribution in [0.3, 0.4) is 0 Å². The number of hydrogen-bond donors (Lipinski definition) is 0. The summed E-state index contributed by atoms with van der Waals surface area (Å²) in [6, 6.07) is 9.18. The van der Waals surface area contributed by atoms with Gasteiger partial charge in [-0.2, -0.15) is 0 Å². The van der Waals surface area contributed by atoms with Crippen molar-refractivity contribution < 1.29 is 9.47 Å². The van der Waals surface area contributed by atoms with Gasteiger partial charge in [0.05, 0.1) is 17.1 Å². The molecule has 6 nitrogen and oxygen atoms in total. The lowest BCUT2D eigenvalue weighted by molar-refractivity contribution is -0.0270. The predicted octanol–water partition coefficient (Wildman–Crippen LogP) is 5.21. The summed E-state index contributed by atoms with van der Waals surface area (Å²) in [6.07, 6.45) is 4.16. The average Bonchev–Trinajstić information content (AvgIpc) is 3.10. The van der Waals surface area contributed by atoms with Crippen molar-refractivity contribution in [1.82, 2.24) is 4.98 Å². The van der Waals surface area contributed by atoms with Crippen molar-refractivity contribution in [3.05, 3.63) is 75.6 Å². The van der Waals surface area contributed by atoms with Gasteiger partial charge >= 0.3 is 0 Å². The van der Waals surface area contributed by atoms with Gasteiger partial charge in [0.1, 0.15) is 17.6 Å². The Labute approximate surface area is 141 Å². The second-order valence-electron chi connectivity index (χ2n) is 4.49. The van der Waals surface area contributed by atoms with E-state index in [1.807, 2.05) is 24.3 Å². The van der Waals surface area contributed by atoms with Crippen molar-refractivity contribution in [1.29, 1.82) is 0 Å². The summed E-state index contributed by atoms with van der Waals surface area (Å²) in [5, 5.41) is 4.91. The summed E-state index contributed by atoms with van der Waals surface area (Å²) in [5.41, 5.74) is 10.2. The van der Waals surface area contributed by atoms with E-state index in [0.717, 1.165) is 21.0 Å². The molecule has 0 saturated heterocycles. The number of hydrogen-bond acceptors (Lipinski definition) is 5. The van der Waals surface area contributed by atoms with Crippen molar-refractivity contribution in [2.75, 3.05) is 0 Å². The summed E-state index contributed by atoms with van der Waals surface area (Å²) < 4.78 is 10.8. The third kappa shape index (κ3) is 3.53. The largest absolute Gasteiger partial charge is 0.455 e. The number of aromatic nitrogens is 1. The van der Waals surface area contributed by atoms with Crippen LogP contribution in [0.25, 0.3) is 10.4 Å². The van der Waals surface area contributed by atoms with Crippen molar-refractivity contribution in [3.63, 3.8) is 0 Å².